The fourth-order valence-electron chi connectivity index (χ4n) is 3.42. The number of nitrogens with one attached hydrogen (secondary N) is 2. The van der Waals surface area contributed by atoms with E-state index in [1.165, 1.54) is 6.07 Å². The summed E-state index contributed by atoms with van der Waals surface area (Å²) in [4.78, 5) is 28.6. The minimum absolute atomic E-state index is 0.185. The molecule has 4 aromatic rings. The Morgan fingerprint density at radius 1 is 1.03 bits per heavy atom. The number of nitro groups is 1. The monoisotopic (exact) mass is 427 g/mol. The molecule has 32 heavy (non-hydrogen) atoms. The van der Waals surface area contributed by atoms with Crippen molar-refractivity contribution in [1.29, 1.82) is 0 Å². The highest BCUT2D eigenvalue weighted by Crippen LogP contribution is 2.29. The Kier molecular flexibility index (Phi) is 5.94. The van der Waals surface area contributed by atoms with Gasteiger partial charge in [-0.2, -0.15) is 0 Å². The van der Waals surface area contributed by atoms with E-state index >= 15 is 0 Å². The van der Waals surface area contributed by atoms with Crippen molar-refractivity contribution in [2.24, 2.45) is 7.05 Å². The number of rotatable bonds is 7. The van der Waals surface area contributed by atoms with E-state index in [-0.39, 0.29) is 11.3 Å². The van der Waals surface area contributed by atoms with E-state index in [1.54, 1.807) is 24.5 Å². The van der Waals surface area contributed by atoms with Gasteiger partial charge in [0.2, 0.25) is 0 Å². The summed E-state index contributed by atoms with van der Waals surface area (Å²) < 4.78 is 1.83. The molecule has 0 aliphatic heterocycles. The average Bonchev–Trinajstić information content (AvgIpc) is 3.24. The van der Waals surface area contributed by atoms with E-state index in [9.17, 15) is 14.9 Å². The maximum absolute atomic E-state index is 13.1. The van der Waals surface area contributed by atoms with Crippen LogP contribution >= 0.6 is 0 Å². The highest BCUT2D eigenvalue weighted by atomic mass is 16.6. The molecule has 1 heterocycles. The van der Waals surface area contributed by atoms with Crippen LogP contribution in [0, 0.1) is 10.1 Å². The van der Waals surface area contributed by atoms with Crippen molar-refractivity contribution in [1.82, 2.24) is 14.9 Å². The van der Waals surface area contributed by atoms with Gasteiger partial charge < -0.3 is 15.2 Å². The molecule has 0 saturated heterocycles. The van der Waals surface area contributed by atoms with Crippen LogP contribution in [0.1, 0.15) is 27.8 Å². The van der Waals surface area contributed by atoms with Crippen LogP contribution in [0.3, 0.4) is 0 Å². The number of carbonyl (C=O) groups is 1. The predicted octanol–water partition coefficient (Wildman–Crippen LogP) is 4.59. The number of amides is 1. The molecule has 3 aromatic carbocycles. The number of carbonyl (C=O) groups excluding carboxylic acids is 1. The van der Waals surface area contributed by atoms with Crippen LogP contribution in [0.15, 0.2) is 91.3 Å². The van der Waals surface area contributed by atoms with Crippen LogP contribution in [-0.4, -0.2) is 20.4 Å². The first-order chi connectivity index (χ1) is 15.5. The van der Waals surface area contributed by atoms with Crippen molar-refractivity contribution >= 4 is 23.0 Å². The molecule has 0 spiro atoms. The Balaban J connectivity index is 1.63. The summed E-state index contributed by atoms with van der Waals surface area (Å²) in [7, 11) is 1.85. The van der Waals surface area contributed by atoms with Gasteiger partial charge in [-0.3, -0.25) is 14.9 Å². The number of hydrogen-bond acceptors (Lipinski definition) is 5. The topological polar surface area (TPSA) is 102 Å². The second-order valence-corrected chi connectivity index (χ2v) is 7.19. The normalized spacial score (nSPS) is 11.5. The summed E-state index contributed by atoms with van der Waals surface area (Å²) in [6, 6.07) is 22.5. The molecule has 1 unspecified atom stereocenters. The number of para-hydroxylation sites is 1. The molecule has 1 aromatic heterocycles. The number of imidazole rings is 1. The Bertz CT molecular complexity index is 1240. The van der Waals surface area contributed by atoms with Gasteiger partial charge in [0.15, 0.2) is 0 Å². The smallest absolute Gasteiger partial charge is 0.293 e. The Hall–Kier alpha value is -4.46. The standard InChI is InChI=1S/C24H21N5O3/c1-28-15-14-25-23(28)22(17-8-4-2-5-9-17)27-24(30)18-12-13-20(21(16-18)29(31)32)26-19-10-6-3-7-11-19/h2-16,22,26H,1H3,(H,27,30). The SMILES string of the molecule is Cn1ccnc1C(NC(=O)c1ccc(Nc2ccccc2)c([N+](=O)[O-])c1)c1ccccc1. The van der Waals surface area contributed by atoms with Crippen LogP contribution < -0.4 is 10.6 Å². The summed E-state index contributed by atoms with van der Waals surface area (Å²) in [5.74, 6) is 0.220. The third kappa shape index (κ3) is 4.49. The van der Waals surface area contributed by atoms with Crippen molar-refractivity contribution in [3.05, 3.63) is 118 Å². The predicted molar refractivity (Wildman–Crippen MR) is 122 cm³/mol. The first kappa shape index (κ1) is 20.8. The maximum Gasteiger partial charge on any atom is 0.293 e. The van der Waals surface area contributed by atoms with Gasteiger partial charge in [-0.15, -0.1) is 0 Å². The minimum Gasteiger partial charge on any atom is -0.350 e. The largest absolute Gasteiger partial charge is 0.350 e. The number of aryl methyl sites for hydroxylation is 1. The van der Waals surface area contributed by atoms with Crippen molar-refractivity contribution < 1.29 is 9.72 Å². The van der Waals surface area contributed by atoms with Gasteiger partial charge in [0.1, 0.15) is 17.6 Å². The highest BCUT2D eigenvalue weighted by Gasteiger charge is 2.23. The lowest BCUT2D eigenvalue weighted by atomic mass is 10.0. The quantitative estimate of drug-likeness (QED) is 0.332. The first-order valence-corrected chi connectivity index (χ1v) is 9.96. The third-order valence-electron chi connectivity index (χ3n) is 5.03. The van der Waals surface area contributed by atoms with Crippen LogP contribution in [0.5, 0.6) is 0 Å². The van der Waals surface area contributed by atoms with Crippen molar-refractivity contribution in [2.75, 3.05) is 5.32 Å². The molecule has 0 fully saturated rings. The lowest BCUT2D eigenvalue weighted by Gasteiger charge is -2.19. The second-order valence-electron chi connectivity index (χ2n) is 7.19. The summed E-state index contributed by atoms with van der Waals surface area (Å²) in [6.07, 6.45) is 3.46. The van der Waals surface area contributed by atoms with Crippen molar-refractivity contribution in [3.63, 3.8) is 0 Å². The number of aromatic nitrogens is 2. The molecule has 0 aliphatic carbocycles. The maximum atomic E-state index is 13.1. The van der Waals surface area contributed by atoms with E-state index < -0.39 is 16.9 Å². The molecule has 160 valence electrons. The lowest BCUT2D eigenvalue weighted by Crippen LogP contribution is -2.31. The Morgan fingerprint density at radius 3 is 2.34 bits per heavy atom. The average molecular weight is 427 g/mol. The molecular weight excluding hydrogens is 406 g/mol. The Morgan fingerprint density at radius 2 is 1.72 bits per heavy atom. The third-order valence-corrected chi connectivity index (χ3v) is 5.03. The fraction of sp³-hybridized carbons (Fsp3) is 0.0833. The zero-order valence-corrected chi connectivity index (χ0v) is 17.3. The number of nitro benzene ring substituents is 1. The number of benzene rings is 3. The summed E-state index contributed by atoms with van der Waals surface area (Å²) in [5.41, 5.74) is 1.88. The van der Waals surface area contributed by atoms with Crippen molar-refractivity contribution in [2.45, 2.75) is 6.04 Å². The minimum atomic E-state index is -0.509. The fourth-order valence-corrected chi connectivity index (χ4v) is 3.42. The zero-order valence-electron chi connectivity index (χ0n) is 17.3. The molecule has 0 radical (unpaired) electrons. The van der Waals surface area contributed by atoms with Gasteiger partial charge >= 0.3 is 0 Å². The van der Waals surface area contributed by atoms with E-state index in [0.29, 0.717) is 17.2 Å². The number of nitrogens with zero attached hydrogens (tertiary/aromatic N) is 3. The van der Waals surface area contributed by atoms with Gasteiger partial charge in [0.25, 0.3) is 11.6 Å². The lowest BCUT2D eigenvalue weighted by molar-refractivity contribution is -0.383. The molecule has 8 heteroatoms. The van der Waals surface area contributed by atoms with Gasteiger partial charge in [0.05, 0.1) is 4.92 Å². The molecular formula is C24H21N5O3. The molecule has 0 saturated carbocycles. The molecule has 2 N–H and O–H groups in total. The van der Waals surface area contributed by atoms with Gasteiger partial charge in [-0.25, -0.2) is 4.98 Å². The second kappa shape index (κ2) is 9.13. The van der Waals surface area contributed by atoms with Gasteiger partial charge in [-0.05, 0) is 29.8 Å². The molecule has 4 rings (SSSR count). The van der Waals surface area contributed by atoms with Crippen LogP contribution in [0.25, 0.3) is 0 Å². The van der Waals surface area contributed by atoms with Crippen LogP contribution in [0.2, 0.25) is 0 Å². The molecule has 8 nitrogen and oxygen atoms in total. The summed E-state index contributed by atoms with van der Waals surface area (Å²) in [5, 5.41) is 17.7. The molecule has 0 bridgehead atoms. The van der Waals surface area contributed by atoms with E-state index in [1.807, 2.05) is 72.3 Å². The van der Waals surface area contributed by atoms with E-state index in [4.69, 9.17) is 0 Å². The van der Waals surface area contributed by atoms with Gasteiger partial charge in [0, 0.05) is 36.8 Å². The number of hydrogen-bond donors (Lipinski definition) is 2. The summed E-state index contributed by atoms with van der Waals surface area (Å²) >= 11 is 0. The van der Waals surface area contributed by atoms with Gasteiger partial charge in [-0.1, -0.05) is 48.5 Å². The molecule has 1 atom stereocenters. The number of anilines is 2. The van der Waals surface area contributed by atoms with E-state index in [0.717, 1.165) is 5.56 Å². The summed E-state index contributed by atoms with van der Waals surface area (Å²) in [6.45, 7) is 0. The highest BCUT2D eigenvalue weighted by molar-refractivity contribution is 5.96. The molecule has 0 aliphatic rings. The zero-order chi connectivity index (χ0) is 22.5. The van der Waals surface area contributed by atoms with Crippen LogP contribution in [-0.2, 0) is 7.05 Å². The van der Waals surface area contributed by atoms with E-state index in [2.05, 4.69) is 15.6 Å². The molecule has 1 amide bonds. The first-order valence-electron chi connectivity index (χ1n) is 9.96. The van der Waals surface area contributed by atoms with Crippen LogP contribution in [0.4, 0.5) is 17.1 Å². The Labute approximate surface area is 184 Å². The van der Waals surface area contributed by atoms with Crippen molar-refractivity contribution in [3.8, 4) is 0 Å².